The second-order valence-corrected chi connectivity index (χ2v) is 2.49. The summed E-state index contributed by atoms with van der Waals surface area (Å²) in [6, 6.07) is 0. The van der Waals surface area contributed by atoms with Crippen LogP contribution in [0.5, 0.6) is 0 Å². The van der Waals surface area contributed by atoms with Gasteiger partial charge in [0.05, 0.1) is 11.7 Å². The normalized spacial score (nSPS) is 11.2. The van der Waals surface area contributed by atoms with Crippen molar-refractivity contribution in [1.29, 1.82) is 5.41 Å². The highest BCUT2D eigenvalue weighted by atomic mass is 16.5. The molecule has 0 saturated heterocycles. The van der Waals surface area contributed by atoms with Gasteiger partial charge in [0.2, 0.25) is 0 Å². The highest BCUT2D eigenvalue weighted by molar-refractivity contribution is 6.08. The van der Waals surface area contributed by atoms with Crippen molar-refractivity contribution >= 4 is 12.2 Å². The Morgan fingerprint density at radius 2 is 2.17 bits per heavy atom. The number of ether oxygens (including phenoxy) is 1. The van der Waals surface area contributed by atoms with E-state index in [1.807, 2.05) is 0 Å². The van der Waals surface area contributed by atoms with Crippen LogP contribution in [-0.2, 0) is 9.53 Å². The molecule has 12 heavy (non-hydrogen) atoms. The number of hydrogen-bond donors (Lipinski definition) is 2. The number of esters is 1. The first-order chi connectivity index (χ1) is 5.61. The molecule has 0 radical (unpaired) electrons. The fourth-order valence-electron chi connectivity index (χ4n) is 0.597. The molecule has 0 bridgehead atoms. The van der Waals surface area contributed by atoms with Gasteiger partial charge in [-0.3, -0.25) is 0 Å². The van der Waals surface area contributed by atoms with Gasteiger partial charge in [0.25, 0.3) is 0 Å². The van der Waals surface area contributed by atoms with Gasteiger partial charge >= 0.3 is 5.97 Å². The lowest BCUT2D eigenvalue weighted by Crippen LogP contribution is -2.15. The summed E-state index contributed by atoms with van der Waals surface area (Å²) in [5.74, 6) is -0.477. The quantitative estimate of drug-likeness (QED) is 0.370. The van der Waals surface area contributed by atoms with E-state index in [1.165, 1.54) is 6.20 Å². The van der Waals surface area contributed by atoms with E-state index in [4.69, 9.17) is 10.1 Å². The minimum absolute atomic E-state index is 0.155. The van der Waals surface area contributed by atoms with Crippen LogP contribution in [0, 0.1) is 5.41 Å². The van der Waals surface area contributed by atoms with Gasteiger partial charge in [0, 0.05) is 19.5 Å². The fourth-order valence-corrected chi connectivity index (χ4v) is 0.597. The summed E-state index contributed by atoms with van der Waals surface area (Å²) in [5.41, 5.74) is 0.214. The standard InChI is InChI=1S/C8H14N2O2/c1-6(2)12-8(11)7(4-9)5-10-3/h4-6,9-10H,1-3H3/b7-5+,9-4?. The molecular formula is C8H14N2O2. The first-order valence-corrected chi connectivity index (χ1v) is 3.70. The van der Waals surface area contributed by atoms with Crippen molar-refractivity contribution in [3.05, 3.63) is 11.8 Å². The molecule has 0 aromatic heterocycles. The lowest BCUT2D eigenvalue weighted by atomic mass is 10.3. The van der Waals surface area contributed by atoms with E-state index >= 15 is 0 Å². The number of rotatable bonds is 4. The maximum atomic E-state index is 11.1. The lowest BCUT2D eigenvalue weighted by Gasteiger charge is -2.07. The summed E-state index contributed by atoms with van der Waals surface area (Å²) < 4.78 is 4.86. The van der Waals surface area contributed by atoms with Crippen LogP contribution in [0.4, 0.5) is 0 Å². The summed E-state index contributed by atoms with van der Waals surface area (Å²) in [6.45, 7) is 3.53. The highest BCUT2D eigenvalue weighted by Crippen LogP contribution is 1.97. The highest BCUT2D eigenvalue weighted by Gasteiger charge is 2.09. The van der Waals surface area contributed by atoms with Crippen LogP contribution in [0.1, 0.15) is 13.8 Å². The predicted octanol–water partition coefficient (Wildman–Crippen LogP) is 0.691. The Morgan fingerprint density at radius 3 is 2.50 bits per heavy atom. The predicted molar refractivity (Wildman–Crippen MR) is 47.2 cm³/mol. The van der Waals surface area contributed by atoms with Crippen molar-refractivity contribution in [3.8, 4) is 0 Å². The van der Waals surface area contributed by atoms with Crippen LogP contribution in [0.15, 0.2) is 11.8 Å². The third-order valence-corrected chi connectivity index (χ3v) is 1.03. The average Bonchev–Trinajstić information content (AvgIpc) is 1.98. The van der Waals surface area contributed by atoms with E-state index in [0.29, 0.717) is 0 Å². The molecule has 2 N–H and O–H groups in total. The maximum absolute atomic E-state index is 11.1. The molecule has 0 spiro atoms. The van der Waals surface area contributed by atoms with Gasteiger partial charge in [0.15, 0.2) is 0 Å². The van der Waals surface area contributed by atoms with Crippen LogP contribution < -0.4 is 5.32 Å². The first kappa shape index (κ1) is 10.7. The molecule has 0 aliphatic rings. The van der Waals surface area contributed by atoms with Crippen molar-refractivity contribution in [2.45, 2.75) is 20.0 Å². The number of carbonyl (C=O) groups excluding carboxylic acids is 1. The Balaban J connectivity index is 4.23. The molecule has 68 valence electrons. The van der Waals surface area contributed by atoms with Gasteiger partial charge in [-0.2, -0.15) is 0 Å². The molecule has 4 heteroatoms. The SMILES string of the molecule is CN/C=C(\C=N)C(=O)OC(C)C. The minimum atomic E-state index is -0.477. The molecule has 0 aliphatic carbocycles. The summed E-state index contributed by atoms with van der Waals surface area (Å²) in [7, 11) is 1.66. The van der Waals surface area contributed by atoms with Crippen LogP contribution in [0.3, 0.4) is 0 Å². The lowest BCUT2D eigenvalue weighted by molar-refractivity contribution is -0.141. The molecule has 0 aromatic rings. The molecule has 0 atom stereocenters. The number of hydrogen-bond acceptors (Lipinski definition) is 4. The number of carbonyl (C=O) groups is 1. The molecule has 0 rings (SSSR count). The monoisotopic (exact) mass is 170 g/mol. The van der Waals surface area contributed by atoms with E-state index in [9.17, 15) is 4.79 Å². The van der Waals surface area contributed by atoms with Crippen LogP contribution in [0.25, 0.3) is 0 Å². The van der Waals surface area contributed by atoms with Crippen LogP contribution in [-0.4, -0.2) is 25.3 Å². The molecule has 0 aliphatic heterocycles. The van der Waals surface area contributed by atoms with Crippen molar-refractivity contribution < 1.29 is 9.53 Å². The fraction of sp³-hybridized carbons (Fsp3) is 0.500. The van der Waals surface area contributed by atoms with Crippen molar-refractivity contribution in [2.75, 3.05) is 7.05 Å². The molecule has 4 nitrogen and oxygen atoms in total. The van der Waals surface area contributed by atoms with E-state index in [0.717, 1.165) is 6.21 Å². The van der Waals surface area contributed by atoms with Crippen molar-refractivity contribution in [3.63, 3.8) is 0 Å². The first-order valence-electron chi connectivity index (χ1n) is 3.70. The Bertz CT molecular complexity index is 197. The zero-order chi connectivity index (χ0) is 9.56. The van der Waals surface area contributed by atoms with Crippen molar-refractivity contribution in [1.82, 2.24) is 5.32 Å². The Kier molecular flexibility index (Phi) is 4.76. The topological polar surface area (TPSA) is 62.2 Å². The molecular weight excluding hydrogens is 156 g/mol. The van der Waals surface area contributed by atoms with Crippen molar-refractivity contribution in [2.24, 2.45) is 0 Å². The zero-order valence-corrected chi connectivity index (χ0v) is 7.55. The third-order valence-electron chi connectivity index (χ3n) is 1.03. The molecule has 0 saturated carbocycles. The van der Waals surface area contributed by atoms with E-state index < -0.39 is 5.97 Å². The van der Waals surface area contributed by atoms with E-state index in [2.05, 4.69) is 5.32 Å². The maximum Gasteiger partial charge on any atom is 0.341 e. The summed E-state index contributed by atoms with van der Waals surface area (Å²) >= 11 is 0. The minimum Gasteiger partial charge on any atom is -0.459 e. The van der Waals surface area contributed by atoms with Gasteiger partial charge in [-0.1, -0.05) is 0 Å². The van der Waals surface area contributed by atoms with Gasteiger partial charge in [-0.25, -0.2) is 4.79 Å². The molecule has 0 aromatic carbocycles. The number of nitrogens with one attached hydrogen (secondary N) is 2. The Morgan fingerprint density at radius 1 is 1.58 bits per heavy atom. The molecule has 0 fully saturated rings. The van der Waals surface area contributed by atoms with Crippen LogP contribution in [0.2, 0.25) is 0 Å². The average molecular weight is 170 g/mol. The van der Waals surface area contributed by atoms with Gasteiger partial charge in [-0.15, -0.1) is 0 Å². The van der Waals surface area contributed by atoms with Gasteiger partial charge in [0.1, 0.15) is 0 Å². The van der Waals surface area contributed by atoms with Gasteiger partial charge < -0.3 is 15.5 Å². The molecule has 0 heterocycles. The smallest absolute Gasteiger partial charge is 0.341 e. The van der Waals surface area contributed by atoms with Crippen LogP contribution >= 0.6 is 0 Å². The summed E-state index contributed by atoms with van der Waals surface area (Å²) in [5, 5.41) is 9.56. The van der Waals surface area contributed by atoms with E-state index in [-0.39, 0.29) is 11.7 Å². The Hall–Kier alpha value is -1.32. The third kappa shape index (κ3) is 3.75. The zero-order valence-electron chi connectivity index (χ0n) is 7.55. The summed E-state index contributed by atoms with van der Waals surface area (Å²) in [6.07, 6.45) is 2.23. The molecule has 0 amide bonds. The molecule has 0 unspecified atom stereocenters. The Labute approximate surface area is 72.1 Å². The second kappa shape index (κ2) is 5.35. The van der Waals surface area contributed by atoms with E-state index in [1.54, 1.807) is 20.9 Å². The largest absolute Gasteiger partial charge is 0.459 e. The van der Waals surface area contributed by atoms with Gasteiger partial charge in [-0.05, 0) is 13.8 Å². The summed E-state index contributed by atoms with van der Waals surface area (Å²) in [4.78, 5) is 11.1. The second-order valence-electron chi connectivity index (χ2n) is 2.49.